The number of allylic oxidation sites excluding steroid dienone is 4. The van der Waals surface area contributed by atoms with Gasteiger partial charge in [0.1, 0.15) is 4.91 Å². The predicted molar refractivity (Wildman–Crippen MR) is 132 cm³/mol. The van der Waals surface area contributed by atoms with Crippen LogP contribution in [0.3, 0.4) is 0 Å². The lowest BCUT2D eigenvalue weighted by Gasteiger charge is -2.23. The molecule has 0 radical (unpaired) electrons. The van der Waals surface area contributed by atoms with Crippen LogP contribution in [0.5, 0.6) is 0 Å². The van der Waals surface area contributed by atoms with Gasteiger partial charge < -0.3 is 0 Å². The fourth-order valence-electron chi connectivity index (χ4n) is 4.19. The smallest absolute Gasteiger partial charge is 0.299 e. The Morgan fingerprint density at radius 3 is 1.95 bits per heavy atom. The number of nitrogens with zero attached hydrogens (tertiary/aromatic N) is 2. The molecule has 0 spiro atoms. The van der Waals surface area contributed by atoms with Crippen LogP contribution in [0.4, 0.5) is 26.3 Å². The molecule has 0 bridgehead atoms. The SMILES string of the molecule is CCCn1c(C)cc(C)[n+]1C.N=C1C2=Cc3ccccc3C2=CC(S(=O)(=O)C(F)(F)F)=C1S(=O)(=O)C(F)(F)F. The van der Waals surface area contributed by atoms with Crippen LogP contribution in [-0.4, -0.2) is 38.2 Å². The zero-order valence-electron chi connectivity index (χ0n) is 21.1. The first-order chi connectivity index (χ1) is 17.8. The third-order valence-electron chi connectivity index (χ3n) is 6.14. The van der Waals surface area contributed by atoms with Gasteiger partial charge in [0.15, 0.2) is 7.05 Å². The lowest BCUT2D eigenvalue weighted by atomic mass is 9.95. The van der Waals surface area contributed by atoms with Gasteiger partial charge in [-0.05, 0) is 42.2 Å². The average Bonchev–Trinajstić information content (AvgIpc) is 3.30. The van der Waals surface area contributed by atoms with Gasteiger partial charge >= 0.3 is 11.0 Å². The number of halogens is 6. The second-order valence-electron chi connectivity index (χ2n) is 8.74. The molecule has 1 aromatic heterocycles. The van der Waals surface area contributed by atoms with E-state index in [0.717, 1.165) is 12.6 Å². The average molecular weight is 597 g/mol. The second-order valence-corrected chi connectivity index (χ2v) is 12.5. The van der Waals surface area contributed by atoms with Crippen molar-refractivity contribution in [3.05, 3.63) is 74.3 Å². The number of hydrogen-bond donors (Lipinski definition) is 1. The van der Waals surface area contributed by atoms with Crippen LogP contribution < -0.4 is 4.68 Å². The van der Waals surface area contributed by atoms with Crippen LogP contribution in [-0.2, 0) is 33.3 Å². The van der Waals surface area contributed by atoms with Crippen LogP contribution in [0.1, 0.15) is 35.9 Å². The highest BCUT2D eigenvalue weighted by atomic mass is 32.2. The van der Waals surface area contributed by atoms with Gasteiger partial charge in [-0.25, -0.2) is 16.8 Å². The summed E-state index contributed by atoms with van der Waals surface area (Å²) in [5.41, 5.74) is -11.3. The van der Waals surface area contributed by atoms with Crippen molar-refractivity contribution in [1.29, 1.82) is 5.41 Å². The third-order valence-corrected chi connectivity index (χ3v) is 9.35. The van der Waals surface area contributed by atoms with E-state index in [4.69, 9.17) is 5.41 Å². The van der Waals surface area contributed by atoms with E-state index in [1.54, 1.807) is 0 Å². The number of aromatic nitrogens is 2. The Balaban J connectivity index is 0.000000320. The molecule has 2 aliphatic carbocycles. The minimum Gasteiger partial charge on any atom is -0.299 e. The van der Waals surface area contributed by atoms with Crippen LogP contribution in [0.2, 0.25) is 0 Å². The Morgan fingerprint density at radius 2 is 1.46 bits per heavy atom. The zero-order chi connectivity index (χ0) is 29.7. The highest BCUT2D eigenvalue weighted by Gasteiger charge is 2.57. The van der Waals surface area contributed by atoms with Crippen molar-refractivity contribution in [3.8, 4) is 0 Å². The minimum absolute atomic E-state index is 0.153. The number of sulfone groups is 2. The van der Waals surface area contributed by atoms with Crippen molar-refractivity contribution in [1.82, 2.24) is 4.68 Å². The highest BCUT2D eigenvalue weighted by Crippen LogP contribution is 2.47. The molecule has 1 aromatic carbocycles. The number of hydrogen-bond acceptors (Lipinski definition) is 5. The van der Waals surface area contributed by atoms with Crippen LogP contribution >= 0.6 is 0 Å². The largest absolute Gasteiger partial charge is 0.502 e. The van der Waals surface area contributed by atoms with Crippen molar-refractivity contribution in [2.24, 2.45) is 7.05 Å². The molecule has 1 N–H and O–H groups in total. The van der Waals surface area contributed by atoms with Gasteiger partial charge in [0.05, 0.1) is 22.9 Å². The fourth-order valence-corrected chi connectivity index (χ4v) is 6.65. The zero-order valence-corrected chi connectivity index (χ0v) is 22.7. The Morgan fingerprint density at radius 1 is 0.897 bits per heavy atom. The first-order valence-electron chi connectivity index (χ1n) is 11.3. The second kappa shape index (κ2) is 10.1. The molecule has 0 amide bonds. The summed E-state index contributed by atoms with van der Waals surface area (Å²) in [5.74, 6) is 0. The minimum atomic E-state index is -6.58. The molecule has 0 atom stereocenters. The summed E-state index contributed by atoms with van der Waals surface area (Å²) < 4.78 is 130. The molecule has 1 heterocycles. The quantitative estimate of drug-likeness (QED) is 0.400. The number of aryl methyl sites for hydroxylation is 2. The van der Waals surface area contributed by atoms with Crippen molar-refractivity contribution < 1.29 is 47.9 Å². The van der Waals surface area contributed by atoms with Gasteiger partial charge in [-0.3, -0.25) is 5.41 Å². The summed E-state index contributed by atoms with van der Waals surface area (Å²) in [6, 6.07) is 7.91. The maximum absolute atomic E-state index is 13.0. The number of alkyl halides is 6. The Kier molecular flexibility index (Phi) is 7.84. The van der Waals surface area contributed by atoms with Gasteiger partial charge in [0, 0.05) is 18.6 Å². The van der Waals surface area contributed by atoms with E-state index in [0.29, 0.717) is 0 Å². The molecular weight excluding hydrogens is 572 g/mol. The topological polar surface area (TPSA) is 101 Å². The summed E-state index contributed by atoms with van der Waals surface area (Å²) in [4.78, 5) is -4.38. The number of fused-ring (bicyclic) bond motifs is 3. The number of nitrogens with one attached hydrogen (secondary N) is 1. The van der Waals surface area contributed by atoms with Crippen LogP contribution in [0, 0.1) is 19.3 Å². The van der Waals surface area contributed by atoms with E-state index in [1.807, 2.05) is 0 Å². The van der Waals surface area contributed by atoms with E-state index in [9.17, 15) is 43.2 Å². The van der Waals surface area contributed by atoms with Gasteiger partial charge in [-0.1, -0.05) is 31.2 Å². The van der Waals surface area contributed by atoms with Crippen molar-refractivity contribution in [2.75, 3.05) is 0 Å². The summed E-state index contributed by atoms with van der Waals surface area (Å²) in [5, 5.41) is 7.82. The van der Waals surface area contributed by atoms with E-state index in [2.05, 4.69) is 43.2 Å². The normalized spacial score (nSPS) is 15.8. The van der Waals surface area contributed by atoms with Crippen molar-refractivity contribution >= 4 is 37.0 Å². The summed E-state index contributed by atoms with van der Waals surface area (Å²) in [7, 11) is -11.0. The van der Waals surface area contributed by atoms with E-state index < -0.39 is 51.8 Å². The first kappa shape index (κ1) is 30.3. The standard InChI is InChI=1S/C15H7F6NO4S2.C9H17N2/c16-14(17,18)27(23,24)11-6-9-8-4-2-1-3-7(8)5-10(9)12(22)13(11)28(25,26)15(19,20)21;1-5-6-11-9(3)7-8(2)10(11)4/h1-6,22H;7H,5-6H2,1-4H3/q;+1. The van der Waals surface area contributed by atoms with Gasteiger partial charge in [-0.15, -0.1) is 4.68 Å². The van der Waals surface area contributed by atoms with E-state index >= 15 is 0 Å². The molecule has 39 heavy (non-hydrogen) atoms. The third kappa shape index (κ3) is 5.21. The Labute approximate surface area is 221 Å². The van der Waals surface area contributed by atoms with Crippen molar-refractivity contribution in [3.63, 3.8) is 0 Å². The van der Waals surface area contributed by atoms with E-state index in [1.165, 1.54) is 42.1 Å². The highest BCUT2D eigenvalue weighted by molar-refractivity contribution is 8.00. The van der Waals surface area contributed by atoms with Gasteiger partial charge in [0.2, 0.25) is 5.69 Å². The molecule has 212 valence electrons. The summed E-state index contributed by atoms with van der Waals surface area (Å²) in [6.07, 6.45) is 2.52. The van der Waals surface area contributed by atoms with Crippen LogP contribution in [0.15, 0.2) is 51.8 Å². The maximum Gasteiger partial charge on any atom is 0.502 e. The maximum atomic E-state index is 13.0. The van der Waals surface area contributed by atoms with E-state index in [-0.39, 0.29) is 22.8 Å². The Hall–Kier alpha value is -3.20. The first-order valence-corrected chi connectivity index (χ1v) is 14.3. The number of rotatable bonds is 4. The molecule has 0 unspecified atom stereocenters. The molecule has 15 heteroatoms. The molecule has 0 saturated carbocycles. The van der Waals surface area contributed by atoms with Crippen LogP contribution in [0.25, 0.3) is 11.6 Å². The van der Waals surface area contributed by atoms with Crippen molar-refractivity contribution in [2.45, 2.75) is 44.8 Å². The summed E-state index contributed by atoms with van der Waals surface area (Å²) in [6.45, 7) is 7.62. The molecule has 2 aromatic rings. The lowest BCUT2D eigenvalue weighted by molar-refractivity contribution is -0.759. The Bertz CT molecular complexity index is 1660. The molecule has 0 aliphatic heterocycles. The van der Waals surface area contributed by atoms with Gasteiger partial charge in [0.25, 0.3) is 19.7 Å². The molecule has 7 nitrogen and oxygen atoms in total. The fraction of sp³-hybridized carbons (Fsp3) is 0.333. The molecule has 2 aliphatic rings. The van der Waals surface area contributed by atoms with Gasteiger partial charge in [-0.2, -0.15) is 31.0 Å². The molecule has 4 rings (SSSR count). The monoisotopic (exact) mass is 596 g/mol. The molecule has 0 fully saturated rings. The number of benzene rings is 1. The molecular formula is C24H24F6N3O4S2+. The molecule has 0 saturated heterocycles. The lowest BCUT2D eigenvalue weighted by Crippen LogP contribution is -2.41. The predicted octanol–water partition coefficient (Wildman–Crippen LogP) is 4.92. The summed E-state index contributed by atoms with van der Waals surface area (Å²) >= 11 is 0.